The normalized spacial score (nSPS) is 22.6. The van der Waals surface area contributed by atoms with Gasteiger partial charge in [0.05, 0.1) is 11.8 Å². The van der Waals surface area contributed by atoms with E-state index in [2.05, 4.69) is 27.5 Å². The molecule has 0 bridgehead atoms. The standard InChI is InChI=1S/C12H21N3OS/c1-10-7-15(4-3-5-16-10)8-11-9-17-12(14-11)6-13-2/h9-10,13H,3-8H2,1-2H3. The van der Waals surface area contributed by atoms with Gasteiger partial charge in [0.25, 0.3) is 0 Å². The third kappa shape index (κ3) is 4.03. The minimum atomic E-state index is 0.341. The highest BCUT2D eigenvalue weighted by Gasteiger charge is 2.16. The van der Waals surface area contributed by atoms with Crippen LogP contribution in [0.4, 0.5) is 0 Å². The van der Waals surface area contributed by atoms with Crippen LogP contribution >= 0.6 is 11.3 Å². The second-order valence-corrected chi connectivity index (χ2v) is 5.48. The minimum absolute atomic E-state index is 0.341. The summed E-state index contributed by atoms with van der Waals surface area (Å²) in [5.41, 5.74) is 1.19. The molecule has 1 N–H and O–H groups in total. The first-order valence-corrected chi connectivity index (χ1v) is 7.07. The summed E-state index contributed by atoms with van der Waals surface area (Å²) in [6.45, 7) is 6.98. The lowest BCUT2D eigenvalue weighted by atomic mass is 10.3. The first-order chi connectivity index (χ1) is 8.28. The van der Waals surface area contributed by atoms with Gasteiger partial charge in [0.15, 0.2) is 0 Å². The maximum absolute atomic E-state index is 5.65. The summed E-state index contributed by atoms with van der Waals surface area (Å²) in [5, 5.41) is 6.47. The molecule has 1 saturated heterocycles. The molecule has 1 atom stereocenters. The van der Waals surface area contributed by atoms with Gasteiger partial charge in [-0.2, -0.15) is 0 Å². The third-order valence-corrected chi connectivity index (χ3v) is 3.75. The lowest BCUT2D eigenvalue weighted by molar-refractivity contribution is 0.0666. The van der Waals surface area contributed by atoms with Crippen molar-refractivity contribution < 1.29 is 4.74 Å². The fraction of sp³-hybridized carbons (Fsp3) is 0.750. The maximum atomic E-state index is 5.65. The summed E-state index contributed by atoms with van der Waals surface area (Å²) < 4.78 is 5.65. The zero-order chi connectivity index (χ0) is 12.1. The SMILES string of the molecule is CNCc1nc(CN2CCCOC(C)C2)cs1. The Hall–Kier alpha value is -0.490. The average molecular weight is 255 g/mol. The number of thiazole rings is 1. The molecule has 1 fully saturated rings. The van der Waals surface area contributed by atoms with E-state index < -0.39 is 0 Å². The zero-order valence-electron chi connectivity index (χ0n) is 10.6. The predicted octanol–water partition coefficient (Wildman–Crippen LogP) is 1.47. The van der Waals surface area contributed by atoms with E-state index in [0.29, 0.717) is 6.10 Å². The molecule has 0 radical (unpaired) electrons. The van der Waals surface area contributed by atoms with Crippen molar-refractivity contribution in [3.05, 3.63) is 16.1 Å². The molecule has 1 aliphatic heterocycles. The van der Waals surface area contributed by atoms with E-state index in [4.69, 9.17) is 4.74 Å². The number of ether oxygens (including phenoxy) is 1. The van der Waals surface area contributed by atoms with Gasteiger partial charge in [-0.3, -0.25) is 4.90 Å². The fourth-order valence-corrected chi connectivity index (χ4v) is 2.90. The second-order valence-electron chi connectivity index (χ2n) is 4.53. The van der Waals surface area contributed by atoms with Crippen LogP contribution in [0.5, 0.6) is 0 Å². The van der Waals surface area contributed by atoms with Crippen molar-refractivity contribution in [3.8, 4) is 0 Å². The number of rotatable bonds is 4. The first kappa shape index (κ1) is 13.0. The quantitative estimate of drug-likeness (QED) is 0.884. The molecular weight excluding hydrogens is 234 g/mol. The lowest BCUT2D eigenvalue weighted by Gasteiger charge is -2.20. The van der Waals surface area contributed by atoms with Gasteiger partial charge in [-0.05, 0) is 20.4 Å². The van der Waals surface area contributed by atoms with Crippen LogP contribution in [-0.2, 0) is 17.8 Å². The second kappa shape index (κ2) is 6.44. The fourth-order valence-electron chi connectivity index (χ4n) is 2.11. The Balaban J connectivity index is 1.89. The highest BCUT2D eigenvalue weighted by Crippen LogP contribution is 2.14. The number of aromatic nitrogens is 1. The number of nitrogens with zero attached hydrogens (tertiary/aromatic N) is 2. The number of hydrogen-bond donors (Lipinski definition) is 1. The molecule has 1 aromatic heterocycles. The number of nitrogens with one attached hydrogen (secondary N) is 1. The Morgan fingerprint density at radius 3 is 3.35 bits per heavy atom. The molecule has 4 nitrogen and oxygen atoms in total. The van der Waals surface area contributed by atoms with Crippen LogP contribution in [0.2, 0.25) is 0 Å². The monoisotopic (exact) mass is 255 g/mol. The molecule has 1 aliphatic rings. The summed E-state index contributed by atoms with van der Waals surface area (Å²) in [6, 6.07) is 0. The van der Waals surface area contributed by atoms with E-state index >= 15 is 0 Å². The topological polar surface area (TPSA) is 37.4 Å². The molecule has 0 spiro atoms. The maximum Gasteiger partial charge on any atom is 0.107 e. The molecule has 0 aliphatic carbocycles. The van der Waals surface area contributed by atoms with Crippen LogP contribution in [0.1, 0.15) is 24.0 Å². The van der Waals surface area contributed by atoms with Gasteiger partial charge < -0.3 is 10.1 Å². The van der Waals surface area contributed by atoms with Crippen molar-refractivity contribution in [2.75, 3.05) is 26.7 Å². The predicted molar refractivity (Wildman–Crippen MR) is 70.2 cm³/mol. The van der Waals surface area contributed by atoms with Gasteiger partial charge in [0, 0.05) is 38.2 Å². The van der Waals surface area contributed by atoms with Crippen molar-refractivity contribution in [1.29, 1.82) is 0 Å². The summed E-state index contributed by atoms with van der Waals surface area (Å²) in [5.74, 6) is 0. The van der Waals surface area contributed by atoms with E-state index in [9.17, 15) is 0 Å². The summed E-state index contributed by atoms with van der Waals surface area (Å²) in [6.07, 6.45) is 1.46. The Morgan fingerprint density at radius 1 is 1.65 bits per heavy atom. The largest absolute Gasteiger partial charge is 0.377 e. The van der Waals surface area contributed by atoms with E-state index in [1.807, 2.05) is 7.05 Å². The Labute approximate surface area is 107 Å². The highest BCUT2D eigenvalue weighted by molar-refractivity contribution is 7.09. The van der Waals surface area contributed by atoms with Gasteiger partial charge >= 0.3 is 0 Å². The molecule has 2 heterocycles. The molecule has 0 aromatic carbocycles. The molecule has 96 valence electrons. The molecule has 0 amide bonds. The highest BCUT2D eigenvalue weighted by atomic mass is 32.1. The molecule has 17 heavy (non-hydrogen) atoms. The molecule has 2 rings (SSSR count). The Kier molecular flexibility index (Phi) is 4.91. The van der Waals surface area contributed by atoms with E-state index in [1.54, 1.807) is 11.3 Å². The van der Waals surface area contributed by atoms with Gasteiger partial charge in [0.2, 0.25) is 0 Å². The van der Waals surface area contributed by atoms with Crippen LogP contribution < -0.4 is 5.32 Å². The molecular formula is C12H21N3OS. The van der Waals surface area contributed by atoms with Crippen molar-refractivity contribution in [3.63, 3.8) is 0 Å². The van der Waals surface area contributed by atoms with Crippen LogP contribution in [0, 0.1) is 0 Å². The third-order valence-electron chi connectivity index (χ3n) is 2.85. The van der Waals surface area contributed by atoms with Crippen LogP contribution in [0.25, 0.3) is 0 Å². The summed E-state index contributed by atoms with van der Waals surface area (Å²) >= 11 is 1.74. The van der Waals surface area contributed by atoms with Gasteiger partial charge in [-0.25, -0.2) is 4.98 Å². The van der Waals surface area contributed by atoms with Crippen LogP contribution in [0.15, 0.2) is 5.38 Å². The van der Waals surface area contributed by atoms with Crippen molar-refractivity contribution in [1.82, 2.24) is 15.2 Å². The molecule has 0 saturated carbocycles. The van der Waals surface area contributed by atoms with E-state index in [-0.39, 0.29) is 0 Å². The Morgan fingerprint density at radius 2 is 2.53 bits per heavy atom. The Bertz CT molecular complexity index is 342. The summed E-state index contributed by atoms with van der Waals surface area (Å²) in [7, 11) is 1.95. The van der Waals surface area contributed by atoms with Gasteiger partial charge in [0.1, 0.15) is 5.01 Å². The van der Waals surface area contributed by atoms with Crippen molar-refractivity contribution in [2.24, 2.45) is 0 Å². The van der Waals surface area contributed by atoms with Crippen LogP contribution in [-0.4, -0.2) is 42.7 Å². The van der Waals surface area contributed by atoms with Crippen molar-refractivity contribution in [2.45, 2.75) is 32.5 Å². The lowest BCUT2D eigenvalue weighted by Crippen LogP contribution is -2.29. The van der Waals surface area contributed by atoms with Crippen LogP contribution in [0.3, 0.4) is 0 Å². The van der Waals surface area contributed by atoms with E-state index in [1.165, 1.54) is 10.7 Å². The van der Waals surface area contributed by atoms with Crippen molar-refractivity contribution >= 4 is 11.3 Å². The number of hydrogen-bond acceptors (Lipinski definition) is 5. The minimum Gasteiger partial charge on any atom is -0.377 e. The molecule has 1 aromatic rings. The average Bonchev–Trinajstić information content (AvgIpc) is 2.62. The summed E-state index contributed by atoms with van der Waals surface area (Å²) in [4.78, 5) is 7.06. The molecule has 5 heteroatoms. The van der Waals surface area contributed by atoms with Gasteiger partial charge in [-0.15, -0.1) is 11.3 Å². The van der Waals surface area contributed by atoms with E-state index in [0.717, 1.165) is 39.2 Å². The first-order valence-electron chi connectivity index (χ1n) is 6.20. The van der Waals surface area contributed by atoms with Gasteiger partial charge in [-0.1, -0.05) is 0 Å². The zero-order valence-corrected chi connectivity index (χ0v) is 11.4. The smallest absolute Gasteiger partial charge is 0.107 e. The molecule has 1 unspecified atom stereocenters.